The summed E-state index contributed by atoms with van der Waals surface area (Å²) in [6.07, 6.45) is 2.08. The van der Waals surface area contributed by atoms with Crippen molar-refractivity contribution in [2.75, 3.05) is 20.8 Å². The Bertz CT molecular complexity index is 867. The molecule has 1 aromatic carbocycles. The Morgan fingerprint density at radius 1 is 1.07 bits per heavy atom. The summed E-state index contributed by atoms with van der Waals surface area (Å²) >= 11 is 0. The average Bonchev–Trinajstić information content (AvgIpc) is 2.62. The minimum Gasteiger partial charge on any atom is -0.493 e. The first kappa shape index (κ1) is 18.1. The highest BCUT2D eigenvalue weighted by Crippen LogP contribution is 2.50. The molecule has 5 heteroatoms. The molecule has 2 heterocycles. The van der Waals surface area contributed by atoms with Gasteiger partial charge in [0.1, 0.15) is 0 Å². The number of Topliss-reactive ketones (excluding diaryl/α,β-unsaturated/α-hetero) is 2. The smallest absolute Gasteiger partial charge is 0.173 e. The van der Waals surface area contributed by atoms with Gasteiger partial charge in [-0.3, -0.25) is 9.59 Å². The number of carbonyl (C=O) groups is 2. The largest absolute Gasteiger partial charge is 0.493 e. The quantitative estimate of drug-likeness (QED) is 0.747. The molecule has 0 fully saturated rings. The number of hydrogen-bond donors (Lipinski definition) is 0. The van der Waals surface area contributed by atoms with Crippen LogP contribution < -0.4 is 9.47 Å². The van der Waals surface area contributed by atoms with Gasteiger partial charge in [-0.2, -0.15) is 0 Å². The third-order valence-corrected chi connectivity index (χ3v) is 6.25. The summed E-state index contributed by atoms with van der Waals surface area (Å²) in [6.45, 7) is 6.98. The molecule has 1 aliphatic carbocycles. The van der Waals surface area contributed by atoms with E-state index in [1.54, 1.807) is 14.2 Å². The van der Waals surface area contributed by atoms with Crippen molar-refractivity contribution in [1.82, 2.24) is 4.90 Å². The van der Waals surface area contributed by atoms with E-state index < -0.39 is 0 Å². The Morgan fingerprint density at radius 2 is 1.74 bits per heavy atom. The van der Waals surface area contributed by atoms with Gasteiger partial charge in [0.25, 0.3) is 0 Å². The van der Waals surface area contributed by atoms with Crippen molar-refractivity contribution in [1.29, 1.82) is 0 Å². The Labute approximate surface area is 160 Å². The van der Waals surface area contributed by atoms with Crippen LogP contribution in [0.2, 0.25) is 0 Å². The number of fused-ring (bicyclic) bond motifs is 4. The van der Waals surface area contributed by atoms with Gasteiger partial charge in [0.15, 0.2) is 23.1 Å². The van der Waals surface area contributed by atoms with E-state index in [9.17, 15) is 9.59 Å². The first-order chi connectivity index (χ1) is 12.8. The maximum absolute atomic E-state index is 13.2. The van der Waals surface area contributed by atoms with Gasteiger partial charge in [-0.1, -0.05) is 20.8 Å². The van der Waals surface area contributed by atoms with Gasteiger partial charge in [-0.25, -0.2) is 0 Å². The van der Waals surface area contributed by atoms with Crippen molar-refractivity contribution < 1.29 is 19.1 Å². The molecule has 0 saturated heterocycles. The first-order valence-corrected chi connectivity index (χ1v) is 9.59. The Balaban J connectivity index is 1.86. The molecule has 0 bridgehead atoms. The van der Waals surface area contributed by atoms with Crippen LogP contribution >= 0.6 is 0 Å². The van der Waals surface area contributed by atoms with Crippen LogP contribution in [0.5, 0.6) is 11.5 Å². The molecular formula is C22H27NO4. The molecule has 2 atom stereocenters. The lowest BCUT2D eigenvalue weighted by Crippen LogP contribution is -2.49. The van der Waals surface area contributed by atoms with Crippen LogP contribution in [0.25, 0.3) is 0 Å². The lowest BCUT2D eigenvalue weighted by molar-refractivity contribution is -0.128. The highest BCUT2D eigenvalue weighted by molar-refractivity contribution is 6.22. The van der Waals surface area contributed by atoms with Crippen LogP contribution in [0.3, 0.4) is 0 Å². The minimum absolute atomic E-state index is 0.00520. The molecule has 0 N–H and O–H groups in total. The van der Waals surface area contributed by atoms with Gasteiger partial charge in [0.2, 0.25) is 0 Å². The monoisotopic (exact) mass is 369 g/mol. The molecule has 5 nitrogen and oxygen atoms in total. The number of methoxy groups -OCH3 is 2. The summed E-state index contributed by atoms with van der Waals surface area (Å²) in [7, 11) is 3.27. The van der Waals surface area contributed by atoms with Crippen molar-refractivity contribution in [3.8, 4) is 11.5 Å². The topological polar surface area (TPSA) is 55.8 Å². The third kappa shape index (κ3) is 2.67. The molecule has 0 aromatic heterocycles. The van der Waals surface area contributed by atoms with Gasteiger partial charge in [0, 0.05) is 24.6 Å². The van der Waals surface area contributed by atoms with Crippen LogP contribution in [0.1, 0.15) is 50.8 Å². The zero-order chi connectivity index (χ0) is 19.5. The van der Waals surface area contributed by atoms with E-state index in [0.717, 1.165) is 30.6 Å². The number of allylic oxidation sites excluding steroid dienone is 2. The van der Waals surface area contributed by atoms with E-state index in [-0.39, 0.29) is 28.9 Å². The van der Waals surface area contributed by atoms with E-state index >= 15 is 0 Å². The van der Waals surface area contributed by atoms with E-state index in [1.165, 1.54) is 5.56 Å². The first-order valence-electron chi connectivity index (χ1n) is 9.59. The maximum atomic E-state index is 13.2. The zero-order valence-electron chi connectivity index (χ0n) is 16.7. The summed E-state index contributed by atoms with van der Waals surface area (Å²) in [5.74, 6) is 1.14. The Kier molecular flexibility index (Phi) is 4.09. The standard InChI is InChI=1S/C22H27NO4/c1-12-20-14-9-18(27-5)17(26-4)8-13(14)6-7-23(20)15-10-22(2,3)11-16(24)19(15)21(12)25/h8-9,12,20H,6-7,10-11H2,1-5H3/t12-,20-/m1/s1. The van der Waals surface area contributed by atoms with Crippen molar-refractivity contribution in [2.24, 2.45) is 11.3 Å². The van der Waals surface area contributed by atoms with Gasteiger partial charge in [-0.05, 0) is 41.5 Å². The van der Waals surface area contributed by atoms with Crippen LogP contribution in [-0.2, 0) is 16.0 Å². The predicted octanol–water partition coefficient (Wildman–Crippen LogP) is 3.47. The van der Waals surface area contributed by atoms with Crippen molar-refractivity contribution in [2.45, 2.75) is 46.1 Å². The van der Waals surface area contributed by atoms with Gasteiger partial charge in [-0.15, -0.1) is 0 Å². The number of hydrogen-bond acceptors (Lipinski definition) is 5. The van der Waals surface area contributed by atoms with Crippen LogP contribution in [-0.4, -0.2) is 37.2 Å². The molecule has 0 radical (unpaired) electrons. The fourth-order valence-electron chi connectivity index (χ4n) is 5.00. The Hall–Kier alpha value is -2.30. The minimum atomic E-state index is -0.258. The molecule has 2 aliphatic heterocycles. The molecular weight excluding hydrogens is 342 g/mol. The number of ether oxygens (including phenoxy) is 2. The van der Waals surface area contributed by atoms with Crippen LogP contribution in [0.15, 0.2) is 23.4 Å². The second kappa shape index (κ2) is 6.11. The second-order valence-electron chi connectivity index (χ2n) is 8.71. The summed E-state index contributed by atoms with van der Waals surface area (Å²) < 4.78 is 11.0. The van der Waals surface area contributed by atoms with Crippen molar-refractivity contribution >= 4 is 11.6 Å². The zero-order valence-corrected chi connectivity index (χ0v) is 16.7. The van der Waals surface area contributed by atoms with Crippen molar-refractivity contribution in [3.05, 3.63) is 34.5 Å². The molecule has 1 aromatic rings. The molecule has 4 rings (SSSR count). The normalized spacial score (nSPS) is 26.3. The van der Waals surface area contributed by atoms with E-state index in [0.29, 0.717) is 23.5 Å². The van der Waals surface area contributed by atoms with Gasteiger partial charge < -0.3 is 14.4 Å². The van der Waals surface area contributed by atoms with Gasteiger partial charge in [0.05, 0.1) is 25.8 Å². The van der Waals surface area contributed by atoms with E-state index in [2.05, 4.69) is 18.7 Å². The summed E-state index contributed by atoms with van der Waals surface area (Å²) in [5, 5.41) is 0. The third-order valence-electron chi connectivity index (χ3n) is 6.25. The SMILES string of the molecule is COc1cc2c(cc1OC)[C@H]1[C@@H](C)C(=O)C3=C(CC(C)(C)CC3=O)N1CC2. The number of benzene rings is 1. The fourth-order valence-corrected chi connectivity index (χ4v) is 5.00. The average molecular weight is 369 g/mol. The number of rotatable bonds is 2. The molecule has 27 heavy (non-hydrogen) atoms. The molecule has 144 valence electrons. The highest BCUT2D eigenvalue weighted by Gasteiger charge is 2.48. The molecule has 3 aliphatic rings. The van der Waals surface area contributed by atoms with E-state index in [1.807, 2.05) is 19.1 Å². The van der Waals surface area contributed by atoms with Crippen LogP contribution in [0, 0.1) is 11.3 Å². The second-order valence-corrected chi connectivity index (χ2v) is 8.71. The summed E-state index contributed by atoms with van der Waals surface area (Å²) in [6, 6.07) is 3.99. The van der Waals surface area contributed by atoms with E-state index in [4.69, 9.17) is 9.47 Å². The molecule has 0 amide bonds. The summed E-state index contributed by atoms with van der Waals surface area (Å²) in [4.78, 5) is 28.2. The van der Waals surface area contributed by atoms with Gasteiger partial charge >= 0.3 is 0 Å². The van der Waals surface area contributed by atoms with Crippen molar-refractivity contribution in [3.63, 3.8) is 0 Å². The fraction of sp³-hybridized carbons (Fsp3) is 0.545. The van der Waals surface area contributed by atoms with Crippen LogP contribution in [0.4, 0.5) is 0 Å². The number of nitrogens with zero attached hydrogens (tertiary/aromatic N) is 1. The highest BCUT2D eigenvalue weighted by atomic mass is 16.5. The summed E-state index contributed by atoms with van der Waals surface area (Å²) in [5.41, 5.74) is 3.60. The predicted molar refractivity (Wildman–Crippen MR) is 102 cm³/mol. The maximum Gasteiger partial charge on any atom is 0.173 e. The Morgan fingerprint density at radius 3 is 2.41 bits per heavy atom. The lowest BCUT2D eigenvalue weighted by Gasteiger charge is -2.49. The number of ketones is 2. The molecule has 0 saturated carbocycles. The molecule has 0 spiro atoms. The lowest BCUT2D eigenvalue weighted by atomic mass is 9.68. The number of carbonyl (C=O) groups excluding carboxylic acids is 2. The molecule has 0 unspecified atom stereocenters.